The van der Waals surface area contributed by atoms with E-state index in [4.69, 9.17) is 4.74 Å². The first-order valence-corrected chi connectivity index (χ1v) is 8.80. The summed E-state index contributed by atoms with van der Waals surface area (Å²) in [7, 11) is 5.73. The molecular weight excluding hydrogens is 295 g/mol. The first-order valence-electron chi connectivity index (χ1n) is 6.51. The van der Waals surface area contributed by atoms with E-state index in [2.05, 4.69) is 19.1 Å². The molecule has 0 fully saturated rings. The average Bonchev–Trinajstić information content (AvgIpc) is 2.36. The normalized spacial score (nSPS) is 13.8. The van der Waals surface area contributed by atoms with Gasteiger partial charge in [0.05, 0.1) is 7.11 Å². The van der Waals surface area contributed by atoms with Crippen LogP contribution in [0.2, 0.25) is 0 Å². The molecule has 0 bridgehead atoms. The molecule has 0 saturated carbocycles. The molecule has 0 aliphatic heterocycles. The Kier molecular flexibility index (Phi) is 8.07. The third kappa shape index (κ3) is 7.46. The number of amides is 1. The number of esters is 1. The maximum atomic E-state index is 12.1. The highest BCUT2D eigenvalue weighted by atomic mass is 32.7. The lowest BCUT2D eigenvalue weighted by Gasteiger charge is -2.28. The molecule has 0 saturated heterocycles. The van der Waals surface area contributed by atoms with Gasteiger partial charge in [-0.3, -0.25) is 4.79 Å². The molecule has 0 aromatic heterocycles. The third-order valence-electron chi connectivity index (χ3n) is 3.11. The minimum Gasteiger partial charge on any atom is -0.467 e. The molecule has 5 nitrogen and oxygen atoms in total. The Morgan fingerprint density at radius 1 is 1.30 bits per heavy atom. The van der Waals surface area contributed by atoms with E-state index in [0.717, 1.165) is 0 Å². The largest absolute Gasteiger partial charge is 0.467 e. The van der Waals surface area contributed by atoms with E-state index >= 15 is 0 Å². The van der Waals surface area contributed by atoms with Crippen molar-refractivity contribution in [2.24, 2.45) is 0 Å². The second-order valence-electron chi connectivity index (χ2n) is 6.04. The molecule has 0 aromatic rings. The number of carbonyl (C=O) groups excluding carboxylic acids is 2. The van der Waals surface area contributed by atoms with Gasteiger partial charge in [0, 0.05) is 16.7 Å². The number of nitrogens with one attached hydrogen (secondary N) is 2. The van der Waals surface area contributed by atoms with Crippen molar-refractivity contribution < 1.29 is 14.3 Å². The van der Waals surface area contributed by atoms with Crippen LogP contribution in [0.5, 0.6) is 0 Å². The minimum atomic E-state index is -0.622. The van der Waals surface area contributed by atoms with Crippen LogP contribution in [-0.4, -0.2) is 42.4 Å². The van der Waals surface area contributed by atoms with Crippen molar-refractivity contribution in [2.75, 3.05) is 14.2 Å². The minimum absolute atomic E-state index is 0.144. The third-order valence-corrected chi connectivity index (χ3v) is 5.83. The fourth-order valence-electron chi connectivity index (χ4n) is 1.61. The van der Waals surface area contributed by atoms with Crippen molar-refractivity contribution in [2.45, 2.75) is 56.9 Å². The van der Waals surface area contributed by atoms with Crippen molar-refractivity contribution in [3.05, 3.63) is 0 Å². The molecule has 0 radical (unpaired) electrons. The van der Waals surface area contributed by atoms with E-state index in [1.165, 1.54) is 7.11 Å². The Morgan fingerprint density at radius 3 is 2.25 bits per heavy atom. The smallest absolute Gasteiger partial charge is 0.328 e. The van der Waals surface area contributed by atoms with Crippen LogP contribution >= 0.6 is 19.8 Å². The first kappa shape index (κ1) is 19.7. The molecular formula is C13H27N2O3PS. The Labute approximate surface area is 128 Å². The maximum absolute atomic E-state index is 12.1. The lowest BCUT2D eigenvalue weighted by atomic mass is 9.99. The molecule has 0 aliphatic rings. The number of methoxy groups -OCH3 is 1. The molecule has 0 heterocycles. The van der Waals surface area contributed by atoms with E-state index in [1.54, 1.807) is 18.4 Å². The molecule has 20 heavy (non-hydrogen) atoms. The first-order chi connectivity index (χ1) is 9.06. The van der Waals surface area contributed by atoms with Crippen LogP contribution in [0.1, 0.15) is 40.5 Å². The summed E-state index contributed by atoms with van der Waals surface area (Å²) in [5.41, 5.74) is -0.310. The van der Waals surface area contributed by atoms with Crippen LogP contribution < -0.4 is 10.6 Å². The summed E-state index contributed by atoms with van der Waals surface area (Å²) in [4.78, 5) is 23.9. The predicted molar refractivity (Wildman–Crippen MR) is 87.7 cm³/mol. The zero-order valence-corrected chi connectivity index (χ0v) is 15.2. The van der Waals surface area contributed by atoms with Gasteiger partial charge in [0.2, 0.25) is 5.91 Å². The molecule has 0 rings (SSSR count). The zero-order chi connectivity index (χ0) is 16.0. The van der Waals surface area contributed by atoms with Crippen LogP contribution in [0.15, 0.2) is 0 Å². The summed E-state index contributed by atoms with van der Waals surface area (Å²) in [6.07, 6.45) is 0.811. The summed E-state index contributed by atoms with van der Waals surface area (Å²) < 4.78 is 4.63. The van der Waals surface area contributed by atoms with Crippen LogP contribution in [0, 0.1) is 0 Å². The second-order valence-corrected chi connectivity index (χ2v) is 8.08. The van der Waals surface area contributed by atoms with Gasteiger partial charge >= 0.3 is 5.97 Å². The molecule has 0 aliphatic carbocycles. The van der Waals surface area contributed by atoms with Crippen LogP contribution in [0.3, 0.4) is 0 Å². The molecule has 0 spiro atoms. The van der Waals surface area contributed by atoms with E-state index in [0.29, 0.717) is 12.8 Å². The highest BCUT2D eigenvalue weighted by Gasteiger charge is 2.30. The Morgan fingerprint density at radius 2 is 1.85 bits per heavy atom. The van der Waals surface area contributed by atoms with Crippen molar-refractivity contribution in [3.63, 3.8) is 0 Å². The molecule has 7 heteroatoms. The molecule has 2 N–H and O–H groups in total. The van der Waals surface area contributed by atoms with Crippen LogP contribution in [0.4, 0.5) is 0 Å². The summed E-state index contributed by atoms with van der Waals surface area (Å²) in [6.45, 7) is 7.90. The number of rotatable bonds is 8. The van der Waals surface area contributed by atoms with E-state index in [9.17, 15) is 9.59 Å². The lowest BCUT2D eigenvalue weighted by molar-refractivity contribution is -0.145. The van der Waals surface area contributed by atoms with Crippen LogP contribution in [-0.2, 0) is 14.3 Å². The van der Waals surface area contributed by atoms with Crippen molar-refractivity contribution in [3.8, 4) is 0 Å². The standard InChI is InChI=1S/C13H27N2O3PS/c1-12(2,14-5)8-10(16)15-9(11(17)18-6)7-13(3,4)20-19/h9,14H,7-8,19H2,1-6H3,(H,15,16)/t9-/m0/s1. The number of ether oxygens (including phenoxy) is 1. The van der Waals surface area contributed by atoms with Crippen LogP contribution in [0.25, 0.3) is 0 Å². The summed E-state index contributed by atoms with van der Waals surface area (Å²) in [5.74, 6) is -0.572. The molecule has 1 unspecified atom stereocenters. The zero-order valence-electron chi connectivity index (χ0n) is 13.2. The topological polar surface area (TPSA) is 67.4 Å². The van der Waals surface area contributed by atoms with Gasteiger partial charge in [0.1, 0.15) is 6.04 Å². The molecule has 1 amide bonds. The number of hydrogen-bond acceptors (Lipinski definition) is 5. The van der Waals surface area contributed by atoms with Gasteiger partial charge in [0.25, 0.3) is 0 Å². The fourth-order valence-corrected chi connectivity index (χ4v) is 2.16. The fraction of sp³-hybridized carbons (Fsp3) is 0.846. The van der Waals surface area contributed by atoms with Gasteiger partial charge in [-0.05, 0) is 27.3 Å². The summed E-state index contributed by atoms with van der Waals surface area (Å²) >= 11 is 1.57. The van der Waals surface area contributed by atoms with E-state index in [1.807, 2.05) is 27.7 Å². The highest BCUT2D eigenvalue weighted by Crippen LogP contribution is 2.34. The molecule has 118 valence electrons. The van der Waals surface area contributed by atoms with E-state index < -0.39 is 12.0 Å². The van der Waals surface area contributed by atoms with Gasteiger partial charge in [0.15, 0.2) is 0 Å². The lowest BCUT2D eigenvalue weighted by Crippen LogP contribution is -2.48. The average molecular weight is 322 g/mol. The maximum Gasteiger partial charge on any atom is 0.328 e. The summed E-state index contributed by atoms with van der Waals surface area (Å²) in [5, 5.41) is 5.84. The predicted octanol–water partition coefficient (Wildman–Crippen LogP) is 1.72. The summed E-state index contributed by atoms with van der Waals surface area (Å²) in [6, 6.07) is -0.622. The SMILES string of the molecule is CNC(C)(C)CC(=O)N[C@@H](CC(C)(C)SP)C(=O)OC. The molecule has 0 aromatic carbocycles. The Bertz CT molecular complexity index is 349. The van der Waals surface area contributed by atoms with Gasteiger partial charge in [-0.25, -0.2) is 4.79 Å². The van der Waals surface area contributed by atoms with Crippen molar-refractivity contribution in [1.29, 1.82) is 0 Å². The van der Waals surface area contributed by atoms with Gasteiger partial charge in [-0.2, -0.15) is 0 Å². The number of hydrogen-bond donors (Lipinski definition) is 2. The van der Waals surface area contributed by atoms with Crippen molar-refractivity contribution >= 4 is 31.7 Å². The van der Waals surface area contributed by atoms with Gasteiger partial charge in [-0.15, -0.1) is 11.4 Å². The Balaban J connectivity index is 4.75. The van der Waals surface area contributed by atoms with E-state index in [-0.39, 0.29) is 16.2 Å². The Hall–Kier alpha value is -0.320. The monoisotopic (exact) mass is 322 g/mol. The van der Waals surface area contributed by atoms with Gasteiger partial charge in [-0.1, -0.05) is 22.3 Å². The van der Waals surface area contributed by atoms with Crippen molar-refractivity contribution in [1.82, 2.24) is 10.6 Å². The molecule has 2 atom stereocenters. The second kappa shape index (κ2) is 8.20. The highest BCUT2D eigenvalue weighted by molar-refractivity contribution is 8.44. The quantitative estimate of drug-likeness (QED) is 0.526. The van der Waals surface area contributed by atoms with Gasteiger partial charge < -0.3 is 15.4 Å². The number of carbonyl (C=O) groups is 2.